The van der Waals surface area contributed by atoms with Gasteiger partial charge < -0.3 is 0 Å². The van der Waals surface area contributed by atoms with Crippen molar-refractivity contribution < 1.29 is 0 Å². The van der Waals surface area contributed by atoms with E-state index in [-0.39, 0.29) is 0 Å². The van der Waals surface area contributed by atoms with Crippen LogP contribution in [0.25, 0.3) is 33.3 Å². The van der Waals surface area contributed by atoms with Crippen LogP contribution in [0.4, 0.5) is 0 Å². The number of hydrogen-bond acceptors (Lipinski definition) is 3. The van der Waals surface area contributed by atoms with Crippen LogP contribution in [0, 0.1) is 0 Å². The van der Waals surface area contributed by atoms with E-state index in [2.05, 4.69) is 15.0 Å². The lowest BCUT2D eigenvalue weighted by atomic mass is 10.1. The SMILES string of the molecule is c1ccc(-c2ccc3nc4ccccc4nc3c2)nc1. The molecule has 0 spiro atoms. The van der Waals surface area contributed by atoms with Crippen LogP contribution in [0.1, 0.15) is 0 Å². The van der Waals surface area contributed by atoms with Crippen LogP contribution in [0.2, 0.25) is 0 Å². The summed E-state index contributed by atoms with van der Waals surface area (Å²) in [5, 5.41) is 0. The molecule has 0 unspecified atom stereocenters. The minimum atomic E-state index is 0.895. The first kappa shape index (κ1) is 11.1. The van der Waals surface area contributed by atoms with Crippen molar-refractivity contribution in [3.63, 3.8) is 0 Å². The predicted molar refractivity (Wildman–Crippen MR) is 80.3 cm³/mol. The molecule has 2 heterocycles. The molecule has 4 aromatic rings. The fourth-order valence-corrected chi connectivity index (χ4v) is 2.31. The zero-order valence-electron chi connectivity index (χ0n) is 10.7. The van der Waals surface area contributed by atoms with Gasteiger partial charge >= 0.3 is 0 Å². The van der Waals surface area contributed by atoms with E-state index < -0.39 is 0 Å². The van der Waals surface area contributed by atoms with Crippen LogP contribution in [0.3, 0.4) is 0 Å². The largest absolute Gasteiger partial charge is 0.256 e. The second kappa shape index (κ2) is 4.38. The van der Waals surface area contributed by atoms with Crippen molar-refractivity contribution in [2.24, 2.45) is 0 Å². The Kier molecular flexibility index (Phi) is 2.42. The van der Waals surface area contributed by atoms with Gasteiger partial charge in [0.05, 0.1) is 27.8 Å². The van der Waals surface area contributed by atoms with Gasteiger partial charge in [-0.3, -0.25) is 4.98 Å². The Hall–Kier alpha value is -2.81. The molecule has 0 amide bonds. The van der Waals surface area contributed by atoms with E-state index in [9.17, 15) is 0 Å². The quantitative estimate of drug-likeness (QED) is 0.486. The van der Waals surface area contributed by atoms with E-state index in [1.54, 1.807) is 6.20 Å². The van der Waals surface area contributed by atoms with Crippen LogP contribution in [-0.2, 0) is 0 Å². The summed E-state index contributed by atoms with van der Waals surface area (Å²) in [5.41, 5.74) is 5.64. The van der Waals surface area contributed by atoms with Crippen molar-refractivity contribution in [1.29, 1.82) is 0 Å². The van der Waals surface area contributed by atoms with Gasteiger partial charge in [-0.2, -0.15) is 0 Å². The lowest BCUT2D eigenvalue weighted by molar-refractivity contribution is 1.32. The Bertz CT molecular complexity index is 901. The maximum absolute atomic E-state index is 4.67. The summed E-state index contributed by atoms with van der Waals surface area (Å²) in [5.74, 6) is 0. The van der Waals surface area contributed by atoms with Gasteiger partial charge in [-0.25, -0.2) is 9.97 Å². The van der Waals surface area contributed by atoms with Gasteiger partial charge in [0.15, 0.2) is 0 Å². The molecular formula is C17H11N3. The van der Waals surface area contributed by atoms with Gasteiger partial charge in [-0.15, -0.1) is 0 Å². The van der Waals surface area contributed by atoms with Crippen LogP contribution >= 0.6 is 0 Å². The van der Waals surface area contributed by atoms with E-state index in [0.29, 0.717) is 0 Å². The zero-order chi connectivity index (χ0) is 13.4. The van der Waals surface area contributed by atoms with Crippen molar-refractivity contribution in [2.45, 2.75) is 0 Å². The lowest BCUT2D eigenvalue weighted by Crippen LogP contribution is -1.88. The summed E-state index contributed by atoms with van der Waals surface area (Å²) in [4.78, 5) is 13.7. The van der Waals surface area contributed by atoms with Crippen molar-refractivity contribution in [2.75, 3.05) is 0 Å². The molecule has 94 valence electrons. The highest BCUT2D eigenvalue weighted by molar-refractivity contribution is 5.88. The Morgan fingerprint density at radius 2 is 1.30 bits per heavy atom. The van der Waals surface area contributed by atoms with Crippen molar-refractivity contribution in [3.05, 3.63) is 66.9 Å². The molecule has 0 aliphatic rings. The first-order valence-corrected chi connectivity index (χ1v) is 6.48. The average Bonchev–Trinajstić information content (AvgIpc) is 2.53. The third kappa shape index (κ3) is 1.80. The molecule has 3 nitrogen and oxygen atoms in total. The Morgan fingerprint density at radius 3 is 2.05 bits per heavy atom. The summed E-state index contributed by atoms with van der Waals surface area (Å²) < 4.78 is 0. The number of fused-ring (bicyclic) bond motifs is 2. The maximum Gasteiger partial charge on any atom is 0.0901 e. The number of nitrogens with zero attached hydrogens (tertiary/aromatic N) is 3. The minimum absolute atomic E-state index is 0.895. The highest BCUT2D eigenvalue weighted by Gasteiger charge is 2.04. The Balaban J connectivity index is 1.97. The van der Waals surface area contributed by atoms with Gasteiger partial charge in [-0.05, 0) is 36.4 Å². The van der Waals surface area contributed by atoms with E-state index >= 15 is 0 Å². The molecular weight excluding hydrogens is 246 g/mol. The van der Waals surface area contributed by atoms with Crippen LogP contribution < -0.4 is 0 Å². The molecule has 4 rings (SSSR count). The maximum atomic E-state index is 4.67. The van der Waals surface area contributed by atoms with Crippen LogP contribution in [0.5, 0.6) is 0 Å². The van der Waals surface area contributed by atoms with Crippen LogP contribution in [-0.4, -0.2) is 15.0 Å². The Morgan fingerprint density at radius 1 is 0.600 bits per heavy atom. The molecule has 2 aromatic carbocycles. The third-order valence-electron chi connectivity index (χ3n) is 3.30. The molecule has 0 saturated heterocycles. The summed E-state index contributed by atoms with van der Waals surface area (Å²) in [6, 6.07) is 19.9. The number of benzene rings is 2. The standard InChI is InChI=1S/C17H11N3/c1-2-7-15-14(6-1)19-16-9-8-12(11-17(16)20-15)13-5-3-4-10-18-13/h1-11H. The van der Waals surface area contributed by atoms with Gasteiger partial charge in [0.1, 0.15) is 0 Å². The van der Waals surface area contributed by atoms with Crippen molar-refractivity contribution in [3.8, 4) is 11.3 Å². The average molecular weight is 257 g/mol. The van der Waals surface area contributed by atoms with Crippen molar-refractivity contribution in [1.82, 2.24) is 15.0 Å². The summed E-state index contributed by atoms with van der Waals surface area (Å²) in [6.07, 6.45) is 1.80. The molecule has 2 aromatic heterocycles. The molecule has 0 atom stereocenters. The van der Waals surface area contributed by atoms with Gasteiger partial charge in [-0.1, -0.05) is 24.3 Å². The molecule has 0 N–H and O–H groups in total. The summed E-state index contributed by atoms with van der Waals surface area (Å²) in [7, 11) is 0. The zero-order valence-corrected chi connectivity index (χ0v) is 10.7. The first-order valence-electron chi connectivity index (χ1n) is 6.48. The predicted octanol–water partition coefficient (Wildman–Crippen LogP) is 3.85. The molecule has 0 aliphatic heterocycles. The summed E-state index contributed by atoms with van der Waals surface area (Å²) in [6.45, 7) is 0. The van der Waals surface area contributed by atoms with E-state index in [1.807, 2.05) is 60.7 Å². The second-order valence-corrected chi connectivity index (χ2v) is 4.63. The first-order chi connectivity index (χ1) is 9.90. The number of hydrogen-bond donors (Lipinski definition) is 0. The molecule has 0 aliphatic carbocycles. The summed E-state index contributed by atoms with van der Waals surface area (Å²) >= 11 is 0. The van der Waals surface area contributed by atoms with Gasteiger partial charge in [0.2, 0.25) is 0 Å². The fraction of sp³-hybridized carbons (Fsp3) is 0. The Labute approximate surface area is 116 Å². The fourth-order valence-electron chi connectivity index (χ4n) is 2.31. The van der Waals surface area contributed by atoms with Crippen LogP contribution in [0.15, 0.2) is 66.9 Å². The number of rotatable bonds is 1. The molecule has 0 radical (unpaired) electrons. The third-order valence-corrected chi connectivity index (χ3v) is 3.30. The molecule has 3 heteroatoms. The topological polar surface area (TPSA) is 38.7 Å². The second-order valence-electron chi connectivity index (χ2n) is 4.63. The monoisotopic (exact) mass is 257 g/mol. The van der Waals surface area contributed by atoms with Crippen molar-refractivity contribution >= 4 is 22.1 Å². The molecule has 0 bridgehead atoms. The highest BCUT2D eigenvalue weighted by atomic mass is 14.8. The number of pyridine rings is 1. The smallest absolute Gasteiger partial charge is 0.0901 e. The van der Waals surface area contributed by atoms with Gasteiger partial charge in [0, 0.05) is 11.8 Å². The van der Waals surface area contributed by atoms with E-state index in [1.165, 1.54) is 0 Å². The van der Waals surface area contributed by atoms with E-state index in [0.717, 1.165) is 33.3 Å². The normalized spacial score (nSPS) is 11.0. The number of para-hydroxylation sites is 2. The molecule has 20 heavy (non-hydrogen) atoms. The minimum Gasteiger partial charge on any atom is -0.256 e. The number of aromatic nitrogens is 3. The van der Waals surface area contributed by atoms with E-state index in [4.69, 9.17) is 0 Å². The van der Waals surface area contributed by atoms with Gasteiger partial charge in [0.25, 0.3) is 0 Å². The molecule has 0 fully saturated rings. The molecule has 0 saturated carbocycles. The highest BCUT2D eigenvalue weighted by Crippen LogP contribution is 2.22. The lowest BCUT2D eigenvalue weighted by Gasteiger charge is -2.04.